The minimum Gasteiger partial charge on any atom is -0.434 e. The second kappa shape index (κ2) is 11.7. The number of halogens is 1. The Kier molecular flexibility index (Phi) is 8.49. The van der Waals surface area contributed by atoms with Crippen LogP contribution < -0.4 is 27.2 Å². The van der Waals surface area contributed by atoms with Crippen LogP contribution in [0.1, 0.15) is 12.6 Å². The monoisotopic (exact) mass is 572 g/mol. The highest BCUT2D eigenvalue weighted by Crippen LogP contribution is 2.37. The molecule has 18 heteroatoms. The molecule has 5 heterocycles. The van der Waals surface area contributed by atoms with Crippen LogP contribution in [0, 0.1) is 5.82 Å². The van der Waals surface area contributed by atoms with Gasteiger partial charge in [-0.2, -0.15) is 4.39 Å². The molecular formula is C22H25FN4O13. The van der Waals surface area contributed by atoms with E-state index >= 15 is 0 Å². The van der Waals surface area contributed by atoms with E-state index in [4.69, 9.17) is 23.7 Å². The van der Waals surface area contributed by atoms with Crippen LogP contribution in [0.4, 0.5) is 4.39 Å². The number of H-pyrrole nitrogens is 2. The van der Waals surface area contributed by atoms with Crippen LogP contribution in [0.2, 0.25) is 0 Å². The minimum absolute atomic E-state index is 0.0383. The largest absolute Gasteiger partial charge is 0.434 e. The van der Waals surface area contributed by atoms with Gasteiger partial charge in [0.2, 0.25) is 5.82 Å². The van der Waals surface area contributed by atoms with Gasteiger partial charge in [-0.05, 0) is 6.07 Å². The average Bonchev–Trinajstić information content (AvgIpc) is 3.62. The quantitative estimate of drug-likeness (QED) is 0.150. The summed E-state index contributed by atoms with van der Waals surface area (Å²) >= 11 is 0. The summed E-state index contributed by atoms with van der Waals surface area (Å²) in [5.74, 6) is -3.44. The fourth-order valence-electron chi connectivity index (χ4n) is 4.11. The maximum absolute atomic E-state index is 13.0. The van der Waals surface area contributed by atoms with Crippen LogP contribution in [0.3, 0.4) is 0 Å². The molecule has 17 nitrogen and oxygen atoms in total. The molecule has 7 N–H and O–H groups in total. The first kappa shape index (κ1) is 29.1. The summed E-state index contributed by atoms with van der Waals surface area (Å²) in [5, 5.41) is 47.9. The van der Waals surface area contributed by atoms with Gasteiger partial charge in [0.1, 0.15) is 24.5 Å². The number of rotatable bonds is 6. The van der Waals surface area contributed by atoms with Crippen molar-refractivity contribution in [2.45, 2.75) is 49.1 Å². The Morgan fingerprint density at radius 2 is 1.77 bits per heavy atom. The summed E-state index contributed by atoms with van der Waals surface area (Å²) in [6, 6.07) is 3.91. The third-order valence-corrected chi connectivity index (χ3v) is 6.10. The van der Waals surface area contributed by atoms with E-state index in [0.717, 1.165) is 27.6 Å². The zero-order valence-corrected chi connectivity index (χ0v) is 20.3. The first-order chi connectivity index (χ1) is 19.0. The van der Waals surface area contributed by atoms with Crippen LogP contribution in [0.15, 0.2) is 60.5 Å². The van der Waals surface area contributed by atoms with Crippen molar-refractivity contribution in [3.05, 3.63) is 84.3 Å². The molecule has 2 saturated heterocycles. The summed E-state index contributed by atoms with van der Waals surface area (Å²) in [7, 11) is 0. The molecule has 3 aromatic heterocycles. The van der Waals surface area contributed by atoms with E-state index in [1.165, 1.54) is 18.4 Å². The van der Waals surface area contributed by atoms with E-state index in [-0.39, 0.29) is 12.4 Å². The molecule has 7 atom stereocenters. The highest BCUT2D eigenvalue weighted by Gasteiger charge is 2.59. The normalized spacial score (nSPS) is 29.6. The predicted octanol–water partition coefficient (Wildman–Crippen LogP) is -3.75. The molecule has 0 unspecified atom stereocenters. The van der Waals surface area contributed by atoms with Crippen molar-refractivity contribution in [1.29, 1.82) is 0 Å². The second-order valence-electron chi connectivity index (χ2n) is 8.68. The van der Waals surface area contributed by atoms with E-state index < -0.39 is 84.2 Å². The molecule has 0 spiro atoms. The summed E-state index contributed by atoms with van der Waals surface area (Å²) in [5.41, 5.74) is -3.53. The number of aromatic amines is 2. The topological polar surface area (TPSA) is 252 Å². The lowest BCUT2D eigenvalue weighted by Gasteiger charge is -2.32. The molecule has 0 saturated carbocycles. The van der Waals surface area contributed by atoms with Crippen molar-refractivity contribution in [2.24, 2.45) is 0 Å². The molecule has 2 aliphatic heterocycles. The Bertz CT molecular complexity index is 1530. The van der Waals surface area contributed by atoms with Gasteiger partial charge in [0.25, 0.3) is 17.1 Å². The fraction of sp³-hybridized carbons (Fsp3) is 0.455. The first-order valence-electron chi connectivity index (χ1n) is 11.7. The Balaban J connectivity index is 0.000000194. The summed E-state index contributed by atoms with van der Waals surface area (Å²) in [6.45, 7) is -1.03. The number of nitrogens with zero attached hydrogens (tertiary/aromatic N) is 2. The lowest BCUT2D eigenvalue weighted by Crippen LogP contribution is -2.55. The van der Waals surface area contributed by atoms with Crippen molar-refractivity contribution in [2.75, 3.05) is 13.2 Å². The molecule has 0 amide bonds. The number of furan rings is 1. The summed E-state index contributed by atoms with van der Waals surface area (Å²) < 4.78 is 35.7. The molecule has 5 rings (SSSR count). The van der Waals surface area contributed by atoms with Gasteiger partial charge in [-0.1, -0.05) is 0 Å². The molecule has 0 radical (unpaired) electrons. The van der Waals surface area contributed by atoms with E-state index in [9.17, 15) is 44.0 Å². The highest BCUT2D eigenvalue weighted by molar-refractivity contribution is 5.08. The molecule has 3 aromatic rings. The minimum atomic E-state index is -2.22. The first-order valence-corrected chi connectivity index (χ1v) is 11.7. The average molecular weight is 572 g/mol. The van der Waals surface area contributed by atoms with Crippen molar-refractivity contribution in [3.8, 4) is 5.95 Å². The number of hydrogen-bond acceptors (Lipinski definition) is 13. The maximum Gasteiger partial charge on any atom is 0.335 e. The van der Waals surface area contributed by atoms with Crippen molar-refractivity contribution >= 4 is 0 Å². The zero-order valence-electron chi connectivity index (χ0n) is 20.3. The smallest absolute Gasteiger partial charge is 0.335 e. The third kappa shape index (κ3) is 5.54. The van der Waals surface area contributed by atoms with Crippen LogP contribution in [-0.4, -0.2) is 88.4 Å². The SMILES string of the molecule is O=c1[nH]c(=O)n([C@H]2C[C@H](O)[C@@H](CO)O2)cc1F.O=c1ccn([C@]2(Oc3ccco3)O[C@H](CO)[C@@H](O)[C@H]2O)c(=O)[nH]1. The lowest BCUT2D eigenvalue weighted by molar-refractivity contribution is -0.278. The van der Waals surface area contributed by atoms with E-state index in [1.54, 1.807) is 4.98 Å². The van der Waals surface area contributed by atoms with Crippen LogP contribution in [-0.2, 0) is 15.4 Å². The van der Waals surface area contributed by atoms with Crippen molar-refractivity contribution in [1.82, 2.24) is 19.1 Å². The number of aliphatic hydroxyl groups is 5. The lowest BCUT2D eigenvalue weighted by atomic mass is 10.1. The van der Waals surface area contributed by atoms with Crippen LogP contribution >= 0.6 is 0 Å². The Morgan fingerprint density at radius 1 is 1.05 bits per heavy atom. The number of aliphatic hydroxyl groups excluding tert-OH is 5. The van der Waals surface area contributed by atoms with Gasteiger partial charge < -0.3 is 44.2 Å². The Morgan fingerprint density at radius 3 is 2.35 bits per heavy atom. The summed E-state index contributed by atoms with van der Waals surface area (Å²) in [4.78, 5) is 49.3. The molecule has 218 valence electrons. The van der Waals surface area contributed by atoms with Gasteiger partial charge in [0.15, 0.2) is 6.10 Å². The van der Waals surface area contributed by atoms with Crippen LogP contribution in [0.5, 0.6) is 5.95 Å². The zero-order chi connectivity index (χ0) is 29.2. The molecule has 2 aliphatic rings. The second-order valence-corrected chi connectivity index (χ2v) is 8.68. The van der Waals surface area contributed by atoms with Crippen molar-refractivity contribution < 1.29 is 48.6 Å². The van der Waals surface area contributed by atoms with E-state index in [2.05, 4.69) is 0 Å². The van der Waals surface area contributed by atoms with Gasteiger partial charge in [-0.3, -0.25) is 24.1 Å². The van der Waals surface area contributed by atoms with Gasteiger partial charge in [0, 0.05) is 24.8 Å². The third-order valence-electron chi connectivity index (χ3n) is 6.10. The molecule has 40 heavy (non-hydrogen) atoms. The Hall–Kier alpha value is -3.91. The number of hydrogen-bond donors (Lipinski definition) is 7. The maximum atomic E-state index is 13.0. The van der Waals surface area contributed by atoms with Crippen molar-refractivity contribution in [3.63, 3.8) is 0 Å². The van der Waals surface area contributed by atoms with Gasteiger partial charge in [-0.25, -0.2) is 14.2 Å². The number of nitrogens with one attached hydrogen (secondary N) is 2. The number of ether oxygens (including phenoxy) is 3. The standard InChI is InChI=1S/C13H14N2O8.C9H11FN2O5/c16-6-7-10(18)11(19)13(22-7,23-9-2-1-5-21-9)15-4-3-8(17)14-12(15)20;10-4-2-12(9(16)11-8(4)15)7-1-5(14)6(3-13)17-7/h1-5,7,10-11,16,18-19H,6H2,(H,14,17,20);2,5-7,13-14H,1,3H2,(H,11,15,16)/t7-,10-,11-,13+;5-,6+,7+/m10/s1. The van der Waals surface area contributed by atoms with Gasteiger partial charge in [0.05, 0.1) is 31.8 Å². The molecule has 0 aromatic carbocycles. The Labute approximate surface area is 220 Å². The molecule has 0 aliphatic carbocycles. The molecule has 0 bridgehead atoms. The number of aromatic nitrogens is 4. The highest BCUT2D eigenvalue weighted by atomic mass is 19.1. The predicted molar refractivity (Wildman–Crippen MR) is 126 cm³/mol. The molecule has 2 fully saturated rings. The van der Waals surface area contributed by atoms with Gasteiger partial charge >= 0.3 is 17.3 Å². The molecular weight excluding hydrogens is 547 g/mol. The fourth-order valence-corrected chi connectivity index (χ4v) is 4.11. The van der Waals surface area contributed by atoms with Crippen LogP contribution in [0.25, 0.3) is 0 Å². The summed E-state index contributed by atoms with van der Waals surface area (Å²) in [6.07, 6.45) is -4.05. The van der Waals surface area contributed by atoms with Gasteiger partial charge in [-0.15, -0.1) is 0 Å². The van der Waals surface area contributed by atoms with E-state index in [1.807, 2.05) is 4.98 Å². The van der Waals surface area contributed by atoms with E-state index in [0.29, 0.717) is 0 Å².